The van der Waals surface area contributed by atoms with Crippen LogP contribution in [0.4, 0.5) is 0 Å². The minimum Gasteiger partial charge on any atom is -0.493 e. The molecule has 2 aromatic rings. The van der Waals surface area contributed by atoms with Crippen LogP contribution in [0.1, 0.15) is 120 Å². The molecule has 0 amide bonds. The number of unbranched alkanes of at least 4 members (excludes halogenated alkanes) is 8. The lowest BCUT2D eigenvalue weighted by Crippen LogP contribution is -2.03. The molecule has 2 aromatic carbocycles. The summed E-state index contributed by atoms with van der Waals surface area (Å²) in [6, 6.07) is 17.6. The molecule has 2 heteroatoms. The number of rotatable bonds is 16. The van der Waals surface area contributed by atoms with Crippen molar-refractivity contribution in [1.82, 2.24) is 0 Å². The van der Waals surface area contributed by atoms with Crippen LogP contribution < -0.4 is 0 Å². The van der Waals surface area contributed by atoms with Crippen molar-refractivity contribution >= 4 is 11.4 Å². The summed E-state index contributed by atoms with van der Waals surface area (Å²) >= 11 is 0. The van der Waals surface area contributed by atoms with E-state index in [9.17, 15) is 5.53 Å². The molecule has 0 spiro atoms. The molecule has 2 nitrogen and oxygen atoms in total. The summed E-state index contributed by atoms with van der Waals surface area (Å²) in [6.07, 6.45) is 19.3. The quantitative estimate of drug-likeness (QED) is 0.172. The molecule has 0 radical (unpaired) electrons. The number of nitrogens with zero attached hydrogens (tertiary/aromatic N) is 2. The van der Waals surface area contributed by atoms with Gasteiger partial charge in [0.2, 0.25) is 11.4 Å². The third kappa shape index (κ3) is 8.02. The van der Waals surface area contributed by atoms with E-state index in [-0.39, 0.29) is 0 Å². The summed E-state index contributed by atoms with van der Waals surface area (Å²) in [4.78, 5) is 0. The zero-order valence-corrected chi connectivity index (χ0v) is 22.5. The van der Waals surface area contributed by atoms with Crippen molar-refractivity contribution in [2.45, 2.75) is 111 Å². The summed E-state index contributed by atoms with van der Waals surface area (Å²) in [6.45, 7) is 6.75. The Labute approximate surface area is 214 Å². The van der Waals surface area contributed by atoms with Gasteiger partial charge < -0.3 is 5.53 Å². The Balaban J connectivity index is 1.79. The Hall–Kier alpha value is -2.48. The second-order valence-corrected chi connectivity index (χ2v) is 10.2. The minimum atomic E-state index is 0.908. The predicted molar refractivity (Wildman–Crippen MR) is 151 cm³/mol. The summed E-state index contributed by atoms with van der Waals surface area (Å²) in [5.41, 5.74) is 19.5. The first-order valence-electron chi connectivity index (χ1n) is 14.3. The molecule has 0 fully saturated rings. The molecular formula is C33H46N2. The Morgan fingerprint density at radius 1 is 0.600 bits per heavy atom. The van der Waals surface area contributed by atoms with Crippen LogP contribution >= 0.6 is 0 Å². The zero-order valence-electron chi connectivity index (χ0n) is 22.5. The summed E-state index contributed by atoms with van der Waals surface area (Å²) < 4.78 is 1.46. The minimum absolute atomic E-state index is 0.908. The molecule has 1 aliphatic heterocycles. The van der Waals surface area contributed by atoms with E-state index in [0.29, 0.717) is 0 Å². The highest BCUT2D eigenvalue weighted by Crippen LogP contribution is 2.38. The third-order valence-electron chi connectivity index (χ3n) is 7.17. The Kier molecular flexibility index (Phi) is 11.5. The molecule has 1 aliphatic rings. The van der Waals surface area contributed by atoms with Crippen LogP contribution in [0.3, 0.4) is 0 Å². The SMILES string of the molecule is CCCCCCCCc1cccc(C2=C(CCCCC)C=C(c3cccc(CCCC)c3)[N+]2=[N-])c1. The molecule has 0 atom stereocenters. The number of hydrogen-bond acceptors (Lipinski definition) is 0. The van der Waals surface area contributed by atoms with Crippen LogP contribution in [-0.4, -0.2) is 4.70 Å². The first-order valence-corrected chi connectivity index (χ1v) is 14.3. The fourth-order valence-electron chi connectivity index (χ4n) is 5.07. The molecule has 0 N–H and O–H groups in total. The summed E-state index contributed by atoms with van der Waals surface area (Å²) in [5, 5.41) is 0. The van der Waals surface area contributed by atoms with E-state index in [1.54, 1.807) is 0 Å². The lowest BCUT2D eigenvalue weighted by atomic mass is 9.99. The van der Waals surface area contributed by atoms with E-state index in [1.807, 2.05) is 0 Å². The van der Waals surface area contributed by atoms with Crippen LogP contribution in [0.15, 0.2) is 60.2 Å². The van der Waals surface area contributed by atoms with Crippen molar-refractivity contribution in [2.24, 2.45) is 0 Å². The maximum Gasteiger partial charge on any atom is 0.210 e. The maximum atomic E-state index is 11.4. The second-order valence-electron chi connectivity index (χ2n) is 10.2. The Bertz CT molecular complexity index is 1010. The van der Waals surface area contributed by atoms with Gasteiger partial charge in [-0.25, -0.2) is 4.70 Å². The van der Waals surface area contributed by atoms with E-state index in [2.05, 4.69) is 75.4 Å². The second kappa shape index (κ2) is 14.8. The normalized spacial score (nSPS) is 13.6. The average molecular weight is 471 g/mol. The highest BCUT2D eigenvalue weighted by atomic mass is 15.2. The monoisotopic (exact) mass is 470 g/mol. The van der Waals surface area contributed by atoms with Gasteiger partial charge in [0.25, 0.3) is 0 Å². The topological polar surface area (TPSA) is 25.3 Å². The van der Waals surface area contributed by atoms with Crippen LogP contribution in [0, 0.1) is 0 Å². The van der Waals surface area contributed by atoms with Crippen molar-refractivity contribution in [3.63, 3.8) is 0 Å². The number of benzene rings is 2. The molecule has 188 valence electrons. The van der Waals surface area contributed by atoms with Crippen LogP contribution in [0.5, 0.6) is 0 Å². The van der Waals surface area contributed by atoms with Gasteiger partial charge in [0.05, 0.1) is 0 Å². The Morgan fingerprint density at radius 2 is 1.14 bits per heavy atom. The van der Waals surface area contributed by atoms with Crippen molar-refractivity contribution in [2.75, 3.05) is 0 Å². The molecule has 0 bridgehead atoms. The van der Waals surface area contributed by atoms with Crippen LogP contribution in [0.2, 0.25) is 0 Å². The van der Waals surface area contributed by atoms with Crippen molar-refractivity contribution in [3.8, 4) is 0 Å². The summed E-state index contributed by atoms with van der Waals surface area (Å²) in [7, 11) is 0. The van der Waals surface area contributed by atoms with Gasteiger partial charge in [0.15, 0.2) is 0 Å². The lowest BCUT2D eigenvalue weighted by molar-refractivity contribution is -0.344. The Morgan fingerprint density at radius 3 is 1.86 bits per heavy atom. The fraction of sp³-hybridized carbons (Fsp3) is 0.515. The summed E-state index contributed by atoms with van der Waals surface area (Å²) in [5.74, 6) is 0. The van der Waals surface area contributed by atoms with Crippen molar-refractivity contribution < 1.29 is 4.70 Å². The molecule has 1 heterocycles. The molecule has 3 rings (SSSR count). The predicted octanol–water partition coefficient (Wildman–Crippen LogP) is 10.3. The molecule has 0 unspecified atom stereocenters. The van der Waals surface area contributed by atoms with Gasteiger partial charge in [-0.2, -0.15) is 0 Å². The first-order chi connectivity index (χ1) is 17.2. The van der Waals surface area contributed by atoms with Gasteiger partial charge in [-0.1, -0.05) is 96.4 Å². The van der Waals surface area contributed by atoms with Gasteiger partial charge >= 0.3 is 0 Å². The molecule has 35 heavy (non-hydrogen) atoms. The van der Waals surface area contributed by atoms with Gasteiger partial charge in [0, 0.05) is 22.8 Å². The van der Waals surface area contributed by atoms with E-state index < -0.39 is 0 Å². The number of allylic oxidation sites excluding steroid dienone is 2. The van der Waals surface area contributed by atoms with E-state index in [1.165, 1.54) is 85.6 Å². The highest BCUT2D eigenvalue weighted by molar-refractivity contribution is 5.78. The van der Waals surface area contributed by atoms with Gasteiger partial charge in [0.1, 0.15) is 0 Å². The fourth-order valence-corrected chi connectivity index (χ4v) is 5.07. The lowest BCUT2D eigenvalue weighted by Gasteiger charge is -2.12. The van der Waals surface area contributed by atoms with E-state index in [0.717, 1.165) is 48.2 Å². The van der Waals surface area contributed by atoms with E-state index >= 15 is 0 Å². The zero-order chi connectivity index (χ0) is 24.9. The molecule has 0 aliphatic carbocycles. The number of hydrogen-bond donors (Lipinski definition) is 0. The third-order valence-corrected chi connectivity index (χ3v) is 7.17. The van der Waals surface area contributed by atoms with Crippen molar-refractivity contribution in [1.29, 1.82) is 0 Å². The average Bonchev–Trinajstić information content (AvgIpc) is 3.21. The molecule has 0 saturated carbocycles. The largest absolute Gasteiger partial charge is 0.493 e. The highest BCUT2D eigenvalue weighted by Gasteiger charge is 2.28. The first kappa shape index (κ1) is 27.1. The van der Waals surface area contributed by atoms with E-state index in [4.69, 9.17) is 0 Å². The van der Waals surface area contributed by atoms with Crippen LogP contribution in [0.25, 0.3) is 16.9 Å². The standard InChI is InChI=1S/C33H46N2/c1-4-7-10-11-12-14-18-28-20-16-23-30(25-28)33-31(21-13-8-5-2)26-32(35(33)34)29-22-15-19-27(24-29)17-9-6-3/h15-16,19-20,22-26H,4-14,17-18,21H2,1-3H3. The van der Waals surface area contributed by atoms with Gasteiger partial charge in [-0.05, 0) is 73.9 Å². The van der Waals surface area contributed by atoms with Gasteiger partial charge in [-0.3, -0.25) is 0 Å². The molecule has 0 aromatic heterocycles. The van der Waals surface area contributed by atoms with Crippen LogP contribution in [-0.2, 0) is 12.8 Å². The smallest absolute Gasteiger partial charge is 0.210 e. The van der Waals surface area contributed by atoms with Gasteiger partial charge in [-0.15, -0.1) is 0 Å². The van der Waals surface area contributed by atoms with Crippen molar-refractivity contribution in [3.05, 3.63) is 88.0 Å². The maximum absolute atomic E-state index is 11.4. The molecular weight excluding hydrogens is 424 g/mol. The molecule has 0 saturated heterocycles. The number of aryl methyl sites for hydroxylation is 2.